The van der Waals surface area contributed by atoms with Crippen molar-refractivity contribution in [3.8, 4) is 5.75 Å². The molecule has 4 heteroatoms. The van der Waals surface area contributed by atoms with Gasteiger partial charge in [0.05, 0.1) is 7.11 Å². The molecule has 0 amide bonds. The molecule has 0 N–H and O–H groups in total. The molecule has 4 nitrogen and oxygen atoms in total. The maximum atomic E-state index is 11.8. The Labute approximate surface area is 139 Å². The summed E-state index contributed by atoms with van der Waals surface area (Å²) in [4.78, 5) is 14.0. The lowest BCUT2D eigenvalue weighted by Gasteiger charge is -2.40. The van der Waals surface area contributed by atoms with Crippen LogP contribution in [0.5, 0.6) is 5.75 Å². The van der Waals surface area contributed by atoms with Crippen molar-refractivity contribution in [3.63, 3.8) is 0 Å². The smallest absolute Gasteiger partial charge is 0.305 e. The summed E-state index contributed by atoms with van der Waals surface area (Å²) in [7, 11) is 5.88. The van der Waals surface area contributed by atoms with Gasteiger partial charge in [-0.3, -0.25) is 4.79 Å². The van der Waals surface area contributed by atoms with Gasteiger partial charge in [-0.1, -0.05) is 25.5 Å². The second kappa shape index (κ2) is 8.34. The van der Waals surface area contributed by atoms with Crippen LogP contribution in [0, 0.1) is 5.92 Å². The van der Waals surface area contributed by atoms with Crippen LogP contribution in [0.1, 0.15) is 50.6 Å². The van der Waals surface area contributed by atoms with E-state index in [2.05, 4.69) is 31.1 Å². The minimum atomic E-state index is -0.0925. The van der Waals surface area contributed by atoms with Crippen LogP contribution in [0.4, 0.5) is 0 Å². The van der Waals surface area contributed by atoms with E-state index in [9.17, 15) is 4.79 Å². The first-order chi connectivity index (χ1) is 11.1. The Balaban J connectivity index is 2.27. The molecule has 2 rings (SSSR count). The summed E-state index contributed by atoms with van der Waals surface area (Å²) >= 11 is 0. The van der Waals surface area contributed by atoms with Gasteiger partial charge in [0.15, 0.2) is 0 Å². The molecule has 0 aliphatic heterocycles. The number of carbonyl (C=O) groups excluding carboxylic acids is 1. The zero-order chi connectivity index (χ0) is 16.8. The summed E-state index contributed by atoms with van der Waals surface area (Å²) in [6, 6.07) is 8.45. The van der Waals surface area contributed by atoms with Gasteiger partial charge >= 0.3 is 5.97 Å². The standard InChI is InChI=1S/C19H29NO3/c1-5-18(21)23-17-12-7-6-11-16(17)19(20(2)3)14-9-8-10-15(13-14)22-4/h8-10,13,16-17,19H,5-7,11-12H2,1-4H3/t16-,17+,19?/m0/s1. The molecule has 1 aliphatic carbocycles. The fourth-order valence-corrected chi connectivity index (χ4v) is 3.64. The molecule has 1 saturated carbocycles. The third-order valence-electron chi connectivity index (χ3n) is 4.72. The quantitative estimate of drug-likeness (QED) is 0.747. The molecule has 128 valence electrons. The Kier molecular flexibility index (Phi) is 6.46. The summed E-state index contributed by atoms with van der Waals surface area (Å²) in [5.41, 5.74) is 1.22. The van der Waals surface area contributed by atoms with E-state index in [1.807, 2.05) is 19.1 Å². The van der Waals surface area contributed by atoms with Crippen molar-refractivity contribution in [3.05, 3.63) is 29.8 Å². The molecule has 1 aromatic carbocycles. The molecular weight excluding hydrogens is 290 g/mol. The Morgan fingerprint density at radius 3 is 2.70 bits per heavy atom. The van der Waals surface area contributed by atoms with Gasteiger partial charge in [0, 0.05) is 18.4 Å². The van der Waals surface area contributed by atoms with Gasteiger partial charge in [0.25, 0.3) is 0 Å². The van der Waals surface area contributed by atoms with Crippen molar-refractivity contribution in [1.82, 2.24) is 4.90 Å². The van der Waals surface area contributed by atoms with Crippen molar-refractivity contribution >= 4 is 5.97 Å². The third-order valence-corrected chi connectivity index (χ3v) is 4.72. The second-order valence-electron chi connectivity index (χ2n) is 6.52. The zero-order valence-electron chi connectivity index (χ0n) is 14.7. The topological polar surface area (TPSA) is 38.8 Å². The number of hydrogen-bond acceptors (Lipinski definition) is 4. The number of ether oxygens (including phenoxy) is 2. The Hall–Kier alpha value is -1.55. The minimum absolute atomic E-state index is 0.00908. The largest absolute Gasteiger partial charge is 0.497 e. The van der Waals surface area contributed by atoms with E-state index < -0.39 is 0 Å². The predicted octanol–water partition coefficient (Wildman–Crippen LogP) is 3.81. The lowest BCUT2D eigenvalue weighted by molar-refractivity contribution is -0.155. The van der Waals surface area contributed by atoms with E-state index in [1.54, 1.807) is 7.11 Å². The molecule has 0 radical (unpaired) electrons. The maximum absolute atomic E-state index is 11.8. The summed E-state index contributed by atoms with van der Waals surface area (Å²) in [5, 5.41) is 0. The molecule has 1 aliphatic rings. The predicted molar refractivity (Wildman–Crippen MR) is 91.6 cm³/mol. The van der Waals surface area contributed by atoms with Crippen LogP contribution in [0.25, 0.3) is 0 Å². The van der Waals surface area contributed by atoms with Crippen molar-refractivity contribution in [2.45, 2.75) is 51.2 Å². The highest BCUT2D eigenvalue weighted by Crippen LogP contribution is 2.39. The fourth-order valence-electron chi connectivity index (χ4n) is 3.64. The summed E-state index contributed by atoms with van der Waals surface area (Å²) < 4.78 is 11.1. The summed E-state index contributed by atoms with van der Waals surface area (Å²) in [5.74, 6) is 1.10. The summed E-state index contributed by atoms with van der Waals surface area (Å²) in [6.45, 7) is 1.85. The highest BCUT2D eigenvalue weighted by Gasteiger charge is 2.36. The molecule has 1 fully saturated rings. The van der Waals surface area contributed by atoms with Crippen molar-refractivity contribution in [1.29, 1.82) is 0 Å². The number of esters is 1. The highest BCUT2D eigenvalue weighted by atomic mass is 16.5. The van der Waals surface area contributed by atoms with Crippen LogP contribution in [0.3, 0.4) is 0 Å². The molecule has 0 spiro atoms. The highest BCUT2D eigenvalue weighted by molar-refractivity contribution is 5.69. The molecule has 1 unspecified atom stereocenters. The van der Waals surface area contributed by atoms with Gasteiger partial charge in [-0.2, -0.15) is 0 Å². The Morgan fingerprint density at radius 2 is 2.04 bits per heavy atom. The van der Waals surface area contributed by atoms with E-state index in [4.69, 9.17) is 9.47 Å². The van der Waals surface area contributed by atoms with E-state index >= 15 is 0 Å². The van der Waals surface area contributed by atoms with Crippen LogP contribution in [-0.4, -0.2) is 38.2 Å². The molecule has 0 bridgehead atoms. The van der Waals surface area contributed by atoms with E-state index in [0.29, 0.717) is 12.3 Å². The average molecular weight is 319 g/mol. The van der Waals surface area contributed by atoms with Gasteiger partial charge in [0.1, 0.15) is 11.9 Å². The van der Waals surface area contributed by atoms with Crippen molar-refractivity contribution in [2.24, 2.45) is 5.92 Å². The van der Waals surface area contributed by atoms with Gasteiger partial charge in [0.2, 0.25) is 0 Å². The van der Waals surface area contributed by atoms with E-state index in [-0.39, 0.29) is 18.1 Å². The first-order valence-corrected chi connectivity index (χ1v) is 8.56. The van der Waals surface area contributed by atoms with E-state index in [1.165, 1.54) is 12.0 Å². The van der Waals surface area contributed by atoms with Crippen molar-refractivity contribution in [2.75, 3.05) is 21.2 Å². The Morgan fingerprint density at radius 1 is 1.30 bits per heavy atom. The molecule has 0 aromatic heterocycles. The third kappa shape index (κ3) is 4.47. The average Bonchev–Trinajstić information content (AvgIpc) is 2.56. The first-order valence-electron chi connectivity index (χ1n) is 8.56. The van der Waals surface area contributed by atoms with Crippen LogP contribution >= 0.6 is 0 Å². The fraction of sp³-hybridized carbons (Fsp3) is 0.632. The molecule has 1 aromatic rings. The normalized spacial score (nSPS) is 22.7. The lowest BCUT2D eigenvalue weighted by Crippen LogP contribution is -2.39. The zero-order valence-corrected chi connectivity index (χ0v) is 14.7. The van der Waals surface area contributed by atoms with E-state index in [0.717, 1.165) is 25.0 Å². The number of benzene rings is 1. The summed E-state index contributed by atoms with van der Waals surface area (Å²) in [6.07, 6.45) is 4.83. The van der Waals surface area contributed by atoms with Gasteiger partial charge in [-0.25, -0.2) is 0 Å². The maximum Gasteiger partial charge on any atom is 0.305 e. The molecule has 0 heterocycles. The molecule has 3 atom stereocenters. The monoisotopic (exact) mass is 319 g/mol. The minimum Gasteiger partial charge on any atom is -0.497 e. The Bertz CT molecular complexity index is 515. The van der Waals surface area contributed by atoms with Gasteiger partial charge in [-0.15, -0.1) is 0 Å². The van der Waals surface area contributed by atoms with Crippen LogP contribution in [0.15, 0.2) is 24.3 Å². The number of hydrogen-bond donors (Lipinski definition) is 0. The first kappa shape index (κ1) is 17.8. The number of rotatable bonds is 6. The van der Waals surface area contributed by atoms with Crippen LogP contribution < -0.4 is 4.74 Å². The van der Waals surface area contributed by atoms with Crippen LogP contribution in [-0.2, 0) is 9.53 Å². The van der Waals surface area contributed by atoms with Gasteiger partial charge < -0.3 is 14.4 Å². The molecular formula is C19H29NO3. The van der Waals surface area contributed by atoms with Crippen LogP contribution in [0.2, 0.25) is 0 Å². The van der Waals surface area contributed by atoms with Crippen molar-refractivity contribution < 1.29 is 14.3 Å². The number of carbonyl (C=O) groups is 1. The molecule has 23 heavy (non-hydrogen) atoms. The molecule has 0 saturated heterocycles. The lowest BCUT2D eigenvalue weighted by atomic mass is 9.78. The number of nitrogens with zero attached hydrogens (tertiary/aromatic N) is 1. The number of methoxy groups -OCH3 is 1. The SMILES string of the molecule is CCC(=O)O[C@@H]1CCCC[C@@H]1C(c1cccc(OC)c1)N(C)C. The second-order valence-corrected chi connectivity index (χ2v) is 6.52. The van der Waals surface area contributed by atoms with Gasteiger partial charge in [-0.05, 0) is 51.1 Å².